The highest BCUT2D eigenvalue weighted by Crippen LogP contribution is 2.35. The van der Waals surface area contributed by atoms with Gasteiger partial charge in [-0.15, -0.1) is 0 Å². The van der Waals surface area contributed by atoms with Gasteiger partial charge in [-0.05, 0) is 100 Å². The second kappa shape index (κ2) is 16.1. The molecular weight excluding hydrogens is 567 g/mol. The van der Waals surface area contributed by atoms with Crippen LogP contribution in [0.2, 0.25) is 0 Å². The largest absolute Gasteiger partial charge is 0.508 e. The van der Waals surface area contributed by atoms with Crippen molar-refractivity contribution < 1.29 is 24.1 Å². The number of carbonyl (C=O) groups is 1. The Hall–Kier alpha value is -4.36. The summed E-state index contributed by atoms with van der Waals surface area (Å²) >= 11 is 0. The number of hydrogen-bond acceptors (Lipinski definition) is 5. The Morgan fingerprint density at radius 1 is 0.822 bits per heavy atom. The van der Waals surface area contributed by atoms with Crippen molar-refractivity contribution >= 4 is 5.91 Å². The van der Waals surface area contributed by atoms with Crippen LogP contribution in [0.1, 0.15) is 72.6 Å². The van der Waals surface area contributed by atoms with E-state index in [0.29, 0.717) is 43.8 Å². The summed E-state index contributed by atoms with van der Waals surface area (Å²) in [6.45, 7) is 10.7. The molecule has 0 radical (unpaired) electrons. The minimum atomic E-state index is -0.760. The first kappa shape index (κ1) is 33.5. The van der Waals surface area contributed by atoms with E-state index in [1.165, 1.54) is 11.6 Å². The number of rotatable bonds is 15. The maximum absolute atomic E-state index is 13.2. The summed E-state index contributed by atoms with van der Waals surface area (Å²) in [6, 6.07) is 28.5. The van der Waals surface area contributed by atoms with Crippen LogP contribution in [0.5, 0.6) is 17.2 Å². The molecule has 0 bridgehead atoms. The van der Waals surface area contributed by atoms with Gasteiger partial charge in [-0.1, -0.05) is 54.6 Å². The van der Waals surface area contributed by atoms with E-state index in [1.807, 2.05) is 36.4 Å². The van der Waals surface area contributed by atoms with E-state index >= 15 is 0 Å². The molecule has 45 heavy (non-hydrogen) atoms. The number of halogens is 1. The molecule has 238 valence electrons. The minimum Gasteiger partial charge on any atom is -0.508 e. The van der Waals surface area contributed by atoms with Gasteiger partial charge in [0.15, 0.2) is 11.6 Å². The van der Waals surface area contributed by atoms with Gasteiger partial charge >= 0.3 is 0 Å². The molecule has 7 heteroatoms. The van der Waals surface area contributed by atoms with Crippen molar-refractivity contribution in [2.75, 3.05) is 19.7 Å². The van der Waals surface area contributed by atoms with Crippen molar-refractivity contribution in [3.05, 3.63) is 125 Å². The predicted molar refractivity (Wildman–Crippen MR) is 178 cm³/mol. The van der Waals surface area contributed by atoms with Crippen LogP contribution in [-0.2, 0) is 12.8 Å². The zero-order chi connectivity index (χ0) is 32.3. The SMILES string of the molecule is CC(C)N(CC[C@H](c1ccccc1)c1cc(CCOc2ccc(CCNC(=O)c3ccc(F)c(O)c3)cc2)ccc1O)C(C)C. The molecule has 0 saturated heterocycles. The number of carbonyl (C=O) groups excluding carboxylic acids is 1. The molecule has 0 heterocycles. The summed E-state index contributed by atoms with van der Waals surface area (Å²) < 4.78 is 19.3. The van der Waals surface area contributed by atoms with E-state index in [9.17, 15) is 19.4 Å². The number of nitrogens with one attached hydrogen (secondary N) is 1. The zero-order valence-corrected chi connectivity index (χ0v) is 26.7. The highest BCUT2D eigenvalue weighted by atomic mass is 19.1. The van der Waals surface area contributed by atoms with Gasteiger partial charge in [0.2, 0.25) is 0 Å². The van der Waals surface area contributed by atoms with Gasteiger partial charge in [-0.2, -0.15) is 0 Å². The molecule has 0 unspecified atom stereocenters. The van der Waals surface area contributed by atoms with Crippen LogP contribution in [0.4, 0.5) is 4.39 Å². The molecule has 3 N–H and O–H groups in total. The average molecular weight is 613 g/mol. The second-order valence-electron chi connectivity index (χ2n) is 12.0. The van der Waals surface area contributed by atoms with E-state index in [4.69, 9.17) is 4.74 Å². The summed E-state index contributed by atoms with van der Waals surface area (Å²) in [6.07, 6.45) is 2.22. The molecule has 1 amide bonds. The number of hydrogen-bond donors (Lipinski definition) is 3. The van der Waals surface area contributed by atoms with Gasteiger partial charge in [-0.25, -0.2) is 4.39 Å². The lowest BCUT2D eigenvalue weighted by molar-refractivity contribution is 0.0953. The Morgan fingerprint density at radius 3 is 2.18 bits per heavy atom. The predicted octanol–water partition coefficient (Wildman–Crippen LogP) is 7.47. The number of phenolic OH excluding ortho intramolecular Hbond substituents is 2. The molecule has 0 spiro atoms. The molecule has 0 aliphatic carbocycles. The van der Waals surface area contributed by atoms with Gasteiger partial charge in [0.1, 0.15) is 11.5 Å². The van der Waals surface area contributed by atoms with E-state index < -0.39 is 11.6 Å². The first-order chi connectivity index (χ1) is 21.6. The molecule has 0 aliphatic rings. The number of nitrogens with zero attached hydrogens (tertiary/aromatic N) is 1. The summed E-state index contributed by atoms with van der Waals surface area (Å²) in [4.78, 5) is 14.8. The van der Waals surface area contributed by atoms with E-state index in [0.717, 1.165) is 47.5 Å². The molecule has 4 aromatic rings. The topological polar surface area (TPSA) is 82.0 Å². The van der Waals surface area contributed by atoms with Crippen LogP contribution in [0, 0.1) is 5.82 Å². The van der Waals surface area contributed by atoms with Crippen molar-refractivity contribution in [2.24, 2.45) is 0 Å². The molecule has 0 aromatic heterocycles. The first-order valence-electron chi connectivity index (χ1n) is 15.7. The molecule has 1 atom stereocenters. The van der Waals surface area contributed by atoms with Gasteiger partial charge in [0.25, 0.3) is 5.91 Å². The maximum Gasteiger partial charge on any atom is 0.251 e. The van der Waals surface area contributed by atoms with Crippen LogP contribution in [-0.4, -0.2) is 52.8 Å². The Kier molecular flexibility index (Phi) is 12.0. The van der Waals surface area contributed by atoms with Crippen molar-refractivity contribution in [3.63, 3.8) is 0 Å². The van der Waals surface area contributed by atoms with Gasteiger partial charge in [0.05, 0.1) is 6.61 Å². The minimum absolute atomic E-state index is 0.0761. The van der Waals surface area contributed by atoms with Crippen LogP contribution in [0.3, 0.4) is 0 Å². The highest BCUT2D eigenvalue weighted by Gasteiger charge is 2.22. The third-order valence-electron chi connectivity index (χ3n) is 8.16. The fraction of sp³-hybridized carbons (Fsp3) is 0.342. The fourth-order valence-electron chi connectivity index (χ4n) is 5.73. The zero-order valence-electron chi connectivity index (χ0n) is 26.7. The van der Waals surface area contributed by atoms with E-state index in [1.54, 1.807) is 6.07 Å². The Morgan fingerprint density at radius 2 is 1.51 bits per heavy atom. The van der Waals surface area contributed by atoms with Crippen LogP contribution < -0.4 is 10.1 Å². The number of amides is 1. The normalized spacial score (nSPS) is 12.1. The lowest BCUT2D eigenvalue weighted by atomic mass is 9.86. The number of aromatic hydroxyl groups is 2. The average Bonchev–Trinajstić information content (AvgIpc) is 3.02. The molecule has 0 fully saturated rings. The van der Waals surface area contributed by atoms with Crippen LogP contribution >= 0.6 is 0 Å². The molecule has 4 aromatic carbocycles. The monoisotopic (exact) mass is 612 g/mol. The fourth-order valence-corrected chi connectivity index (χ4v) is 5.73. The summed E-state index contributed by atoms with van der Waals surface area (Å²) in [5, 5.41) is 23.2. The van der Waals surface area contributed by atoms with Crippen molar-refractivity contribution in [1.82, 2.24) is 10.2 Å². The lowest BCUT2D eigenvalue weighted by Gasteiger charge is -2.32. The molecule has 0 aliphatic heterocycles. The molecule has 6 nitrogen and oxygen atoms in total. The van der Waals surface area contributed by atoms with Crippen LogP contribution in [0.15, 0.2) is 91.0 Å². The van der Waals surface area contributed by atoms with Crippen molar-refractivity contribution in [3.8, 4) is 17.2 Å². The number of phenols is 2. The van der Waals surface area contributed by atoms with E-state index in [2.05, 4.69) is 68.2 Å². The molecule has 0 saturated carbocycles. The third-order valence-corrected chi connectivity index (χ3v) is 8.16. The summed E-state index contributed by atoms with van der Waals surface area (Å²) in [7, 11) is 0. The maximum atomic E-state index is 13.2. The number of ether oxygens (including phenoxy) is 1. The van der Waals surface area contributed by atoms with Gasteiger partial charge < -0.3 is 20.3 Å². The summed E-state index contributed by atoms with van der Waals surface area (Å²) in [5.74, 6) is -0.525. The van der Waals surface area contributed by atoms with E-state index in [-0.39, 0.29) is 17.4 Å². The Bertz CT molecular complexity index is 1520. The smallest absolute Gasteiger partial charge is 0.251 e. The Labute approximate surface area is 266 Å². The highest BCUT2D eigenvalue weighted by molar-refractivity contribution is 5.94. The Balaban J connectivity index is 1.32. The summed E-state index contributed by atoms with van der Waals surface area (Å²) in [5.41, 5.74) is 4.49. The van der Waals surface area contributed by atoms with Crippen molar-refractivity contribution in [2.45, 2.75) is 65.0 Å². The van der Waals surface area contributed by atoms with Crippen LogP contribution in [0.25, 0.3) is 0 Å². The van der Waals surface area contributed by atoms with Gasteiger partial charge in [0, 0.05) is 42.1 Å². The lowest BCUT2D eigenvalue weighted by Crippen LogP contribution is -2.38. The first-order valence-corrected chi connectivity index (χ1v) is 15.7. The second-order valence-corrected chi connectivity index (χ2v) is 12.0. The standard InChI is InChI=1S/C38H45FN2O4/c1-26(2)41(27(3)4)22-19-33(30-8-6-5-7-9-30)34-24-29(12-17-36(34)42)20-23-45-32-14-10-28(11-15-32)18-21-40-38(44)31-13-16-35(39)37(43)25-31/h5-17,24-27,33,42-43H,18-23H2,1-4H3,(H,40,44)/t33-/m1/s1. The third kappa shape index (κ3) is 9.56. The number of benzene rings is 4. The quantitative estimate of drug-likeness (QED) is 0.130. The molecular formula is C38H45FN2O4. The molecule has 4 rings (SSSR count). The van der Waals surface area contributed by atoms with Gasteiger partial charge in [-0.3, -0.25) is 9.69 Å². The van der Waals surface area contributed by atoms with Crippen molar-refractivity contribution in [1.29, 1.82) is 0 Å².